The molecule has 38 heavy (non-hydrogen) atoms. The number of thiazole rings is 1. The van der Waals surface area contributed by atoms with Crippen molar-refractivity contribution < 1.29 is 43.2 Å². The predicted molar refractivity (Wildman–Crippen MR) is 144 cm³/mol. The van der Waals surface area contributed by atoms with Crippen molar-refractivity contribution in [2.24, 2.45) is 0 Å². The van der Waals surface area contributed by atoms with Crippen LogP contribution in [-0.4, -0.2) is 77.7 Å². The van der Waals surface area contributed by atoms with Crippen LogP contribution in [-0.2, 0) is 19.1 Å². The Morgan fingerprint density at radius 3 is 2.32 bits per heavy atom. The van der Waals surface area contributed by atoms with Crippen molar-refractivity contribution in [3.8, 4) is 17.2 Å². The van der Waals surface area contributed by atoms with Crippen LogP contribution < -0.4 is 24.8 Å². The van der Waals surface area contributed by atoms with E-state index in [0.29, 0.717) is 22.9 Å². The fourth-order valence-corrected chi connectivity index (χ4v) is 5.21. The molecule has 0 atom stereocenters. The average molecular weight is 583 g/mol. The quantitative estimate of drug-likeness (QED) is 0.213. The molecule has 1 aromatic carbocycles. The Balaban J connectivity index is 1.86. The van der Waals surface area contributed by atoms with E-state index in [1.807, 2.05) is 0 Å². The number of hydrogen-bond donors (Lipinski definition) is 3. The zero-order valence-corrected chi connectivity index (χ0v) is 22.9. The number of ether oxygens (including phenoxy) is 4. The summed E-state index contributed by atoms with van der Waals surface area (Å²) in [4.78, 5) is 54.4. The van der Waals surface area contributed by atoms with E-state index in [4.69, 9.17) is 36.3 Å². The summed E-state index contributed by atoms with van der Waals surface area (Å²) in [5, 5.41) is 15.8. The van der Waals surface area contributed by atoms with Crippen LogP contribution in [0.15, 0.2) is 22.4 Å². The highest BCUT2D eigenvalue weighted by molar-refractivity contribution is 8.26. The number of hydrogen-bond acceptors (Lipinski definition) is 12. The highest BCUT2D eigenvalue weighted by atomic mass is 32.2. The third-order valence-corrected chi connectivity index (χ3v) is 6.96. The molecule has 16 heteroatoms. The molecule has 1 saturated heterocycles. The first-order chi connectivity index (χ1) is 18.1. The Labute approximate surface area is 230 Å². The molecule has 3 N–H and O–H groups in total. The number of methoxy groups -OCH3 is 3. The molecule has 3 rings (SSSR count). The number of esters is 1. The summed E-state index contributed by atoms with van der Waals surface area (Å²) in [5.74, 6) is -1.85. The lowest BCUT2D eigenvalue weighted by molar-refractivity contribution is -0.140. The SMILES string of the molecule is CCOC(=O)/C(=C1\SC(=S)N(CC(=O)O)C1=O)c1csc(NC(=O)Nc2cc(OC)c(OC)c(OC)c2)n1. The smallest absolute Gasteiger partial charge is 0.341 e. The van der Waals surface area contributed by atoms with Crippen LogP contribution in [0.3, 0.4) is 0 Å². The Hall–Kier alpha value is -3.89. The number of carboxylic acids is 1. The van der Waals surface area contributed by atoms with Crippen molar-refractivity contribution in [1.82, 2.24) is 9.88 Å². The van der Waals surface area contributed by atoms with E-state index >= 15 is 0 Å². The van der Waals surface area contributed by atoms with Gasteiger partial charge in [0.15, 0.2) is 16.6 Å². The Morgan fingerprint density at radius 2 is 1.76 bits per heavy atom. The van der Waals surface area contributed by atoms with Crippen LogP contribution in [0.4, 0.5) is 15.6 Å². The molecule has 3 amide bonds. The summed E-state index contributed by atoms with van der Waals surface area (Å²) in [7, 11) is 4.33. The number of carbonyl (C=O) groups excluding carboxylic acids is 3. The maximum Gasteiger partial charge on any atom is 0.341 e. The second kappa shape index (κ2) is 12.6. The molecule has 1 fully saturated rings. The van der Waals surface area contributed by atoms with E-state index < -0.39 is 30.4 Å². The van der Waals surface area contributed by atoms with E-state index in [1.165, 1.54) is 38.8 Å². The number of carbonyl (C=O) groups is 4. The monoisotopic (exact) mass is 582 g/mol. The fraction of sp³-hybridized carbons (Fsp3) is 0.273. The average Bonchev–Trinajstić information content (AvgIpc) is 3.43. The number of thioether (sulfide) groups is 1. The van der Waals surface area contributed by atoms with Crippen LogP contribution in [0.25, 0.3) is 5.57 Å². The molecular weight excluding hydrogens is 560 g/mol. The molecule has 2 aromatic rings. The summed E-state index contributed by atoms with van der Waals surface area (Å²) < 4.78 is 20.9. The fourth-order valence-electron chi connectivity index (χ4n) is 3.20. The van der Waals surface area contributed by atoms with Crippen LogP contribution in [0.1, 0.15) is 12.6 Å². The minimum absolute atomic E-state index is 0.0180. The number of nitrogens with one attached hydrogen (secondary N) is 2. The van der Waals surface area contributed by atoms with Crippen LogP contribution >= 0.6 is 35.3 Å². The molecule has 13 nitrogen and oxygen atoms in total. The highest BCUT2D eigenvalue weighted by Gasteiger charge is 2.38. The highest BCUT2D eigenvalue weighted by Crippen LogP contribution is 2.40. The maximum absolute atomic E-state index is 12.9. The number of nitrogens with zero attached hydrogens (tertiary/aromatic N) is 2. The predicted octanol–water partition coefficient (Wildman–Crippen LogP) is 3.03. The van der Waals surface area contributed by atoms with Crippen molar-refractivity contribution in [2.45, 2.75) is 6.92 Å². The second-order valence-electron chi connectivity index (χ2n) is 7.11. The summed E-state index contributed by atoms with van der Waals surface area (Å²) in [5.41, 5.74) is 0.196. The van der Waals surface area contributed by atoms with Gasteiger partial charge >= 0.3 is 18.0 Å². The zero-order valence-electron chi connectivity index (χ0n) is 20.5. The van der Waals surface area contributed by atoms with Gasteiger partial charge in [-0.05, 0) is 6.92 Å². The number of benzene rings is 1. The lowest BCUT2D eigenvalue weighted by atomic mass is 10.2. The van der Waals surface area contributed by atoms with E-state index in [1.54, 1.807) is 6.92 Å². The molecule has 0 saturated carbocycles. The molecule has 0 radical (unpaired) electrons. The number of anilines is 2. The molecule has 1 aromatic heterocycles. The van der Waals surface area contributed by atoms with Gasteiger partial charge in [0.05, 0.1) is 44.2 Å². The maximum atomic E-state index is 12.9. The number of thiocarbonyl (C=S) groups is 1. The summed E-state index contributed by atoms with van der Waals surface area (Å²) in [6.45, 7) is 0.951. The number of rotatable bonds is 10. The van der Waals surface area contributed by atoms with Crippen molar-refractivity contribution in [3.05, 3.63) is 28.1 Å². The van der Waals surface area contributed by atoms with Crippen molar-refractivity contribution >= 4 is 79.9 Å². The van der Waals surface area contributed by atoms with Crippen molar-refractivity contribution in [1.29, 1.82) is 0 Å². The van der Waals surface area contributed by atoms with E-state index in [-0.39, 0.29) is 32.2 Å². The third kappa shape index (κ3) is 6.32. The largest absolute Gasteiger partial charge is 0.493 e. The molecule has 1 aliphatic heterocycles. The van der Waals surface area contributed by atoms with Gasteiger partial charge in [-0.25, -0.2) is 14.6 Å². The molecule has 202 valence electrons. The Morgan fingerprint density at radius 1 is 1.11 bits per heavy atom. The lowest BCUT2D eigenvalue weighted by Crippen LogP contribution is -2.33. The Bertz CT molecular complexity index is 1300. The molecule has 2 heterocycles. The minimum atomic E-state index is -1.27. The Kier molecular flexibility index (Phi) is 9.49. The molecular formula is C22H22N4O9S3. The van der Waals surface area contributed by atoms with Crippen LogP contribution in [0.2, 0.25) is 0 Å². The number of aromatic nitrogens is 1. The zero-order chi connectivity index (χ0) is 28.0. The standard InChI is InChI=1S/C22H22N4O9S3/c1-5-35-19(30)15(17-18(29)26(8-14(27)28)22(36)38-17)11-9-37-21(24-11)25-20(31)23-10-6-12(32-2)16(34-4)13(7-10)33-3/h6-7,9H,5,8H2,1-4H3,(H,27,28)(H2,23,24,25,31)/b17-15-. The second-order valence-corrected chi connectivity index (χ2v) is 9.61. The molecule has 0 spiro atoms. The van der Waals surface area contributed by atoms with Gasteiger partial charge in [0, 0.05) is 17.5 Å². The number of urea groups is 1. The van der Waals surface area contributed by atoms with E-state index in [2.05, 4.69) is 15.6 Å². The molecule has 0 aliphatic carbocycles. The lowest BCUT2D eigenvalue weighted by Gasteiger charge is -2.14. The number of amides is 3. The third-order valence-electron chi connectivity index (χ3n) is 4.75. The molecule has 0 bridgehead atoms. The van der Waals surface area contributed by atoms with Crippen molar-refractivity contribution in [3.63, 3.8) is 0 Å². The number of carboxylic acid groups (broad SMARTS) is 1. The van der Waals surface area contributed by atoms with Gasteiger partial charge in [-0.1, -0.05) is 24.0 Å². The molecule has 0 unspecified atom stereocenters. The first kappa shape index (κ1) is 28.7. The van der Waals surface area contributed by atoms with Gasteiger partial charge in [-0.2, -0.15) is 0 Å². The van der Waals surface area contributed by atoms with Gasteiger partial charge in [-0.15, -0.1) is 11.3 Å². The van der Waals surface area contributed by atoms with Gasteiger partial charge in [0.2, 0.25) is 5.75 Å². The normalized spacial score (nSPS) is 14.2. The van der Waals surface area contributed by atoms with E-state index in [9.17, 15) is 19.2 Å². The van der Waals surface area contributed by atoms with Crippen LogP contribution in [0, 0.1) is 0 Å². The van der Waals surface area contributed by atoms with E-state index in [0.717, 1.165) is 28.0 Å². The van der Waals surface area contributed by atoms with Gasteiger partial charge < -0.3 is 29.4 Å². The minimum Gasteiger partial charge on any atom is -0.493 e. The first-order valence-electron chi connectivity index (χ1n) is 10.6. The first-order valence-corrected chi connectivity index (χ1v) is 12.7. The summed E-state index contributed by atoms with van der Waals surface area (Å²) in [6.07, 6.45) is 0. The topological polar surface area (TPSA) is 166 Å². The number of aliphatic carboxylic acids is 1. The summed E-state index contributed by atoms with van der Waals surface area (Å²) >= 11 is 6.88. The van der Waals surface area contributed by atoms with Gasteiger partial charge in [-0.3, -0.25) is 19.8 Å². The van der Waals surface area contributed by atoms with Gasteiger partial charge in [0.1, 0.15) is 16.4 Å². The van der Waals surface area contributed by atoms with Gasteiger partial charge in [0.25, 0.3) is 5.91 Å². The van der Waals surface area contributed by atoms with Crippen LogP contribution in [0.5, 0.6) is 17.2 Å². The molecule has 1 aliphatic rings. The van der Waals surface area contributed by atoms with Crippen molar-refractivity contribution in [2.75, 3.05) is 45.1 Å². The summed E-state index contributed by atoms with van der Waals surface area (Å²) in [6, 6.07) is 2.41.